The fourth-order valence-corrected chi connectivity index (χ4v) is 3.21. The highest BCUT2D eigenvalue weighted by Crippen LogP contribution is 2.37. The van der Waals surface area contributed by atoms with E-state index >= 15 is 0 Å². The zero-order valence-electron chi connectivity index (χ0n) is 12.7. The van der Waals surface area contributed by atoms with Crippen LogP contribution < -0.4 is 4.90 Å². The number of nitrogens with zero attached hydrogens (tertiary/aromatic N) is 2. The third kappa shape index (κ3) is 3.95. The van der Waals surface area contributed by atoms with E-state index in [1.165, 1.54) is 12.1 Å². The zero-order valence-corrected chi connectivity index (χ0v) is 14.3. The summed E-state index contributed by atoms with van der Waals surface area (Å²) in [6, 6.07) is 2.71. The fourth-order valence-electron chi connectivity index (χ4n) is 2.79. The maximum Gasteiger partial charge on any atom is 0.296 e. The summed E-state index contributed by atoms with van der Waals surface area (Å²) >= 11 is 3.13. The second kappa shape index (κ2) is 7.37. The molecule has 1 aromatic carbocycles. The average Bonchev–Trinajstić information content (AvgIpc) is 2.45. The molecule has 7 heteroatoms. The number of hydrogen-bond donors (Lipinski definition) is 0. The Morgan fingerprint density at radius 2 is 2.09 bits per heavy atom. The molecule has 0 radical (unpaired) electrons. The first-order valence-corrected chi connectivity index (χ1v) is 8.17. The van der Waals surface area contributed by atoms with Gasteiger partial charge >= 0.3 is 0 Å². The standard InChI is InChI=1S/C15H20BrFN2O3/c1-10(2)9-18(12-3-5-22-6-4-12)15-13(17)7-11(16)8-14(15)19(20)21/h7-8,10,12H,3-6,9H2,1-2H3. The van der Waals surface area contributed by atoms with Crippen LogP contribution in [0.3, 0.4) is 0 Å². The van der Waals surface area contributed by atoms with Crippen molar-refractivity contribution in [3.63, 3.8) is 0 Å². The minimum atomic E-state index is -0.562. The molecule has 0 unspecified atom stereocenters. The van der Waals surface area contributed by atoms with Gasteiger partial charge < -0.3 is 9.64 Å². The number of ether oxygens (including phenoxy) is 1. The third-order valence-corrected chi connectivity index (χ3v) is 4.14. The van der Waals surface area contributed by atoms with Gasteiger partial charge in [-0.2, -0.15) is 0 Å². The first-order chi connectivity index (χ1) is 10.4. The molecule has 1 saturated heterocycles. The normalized spacial score (nSPS) is 16.0. The lowest BCUT2D eigenvalue weighted by Crippen LogP contribution is -2.42. The lowest BCUT2D eigenvalue weighted by molar-refractivity contribution is -0.384. The molecule has 1 aliphatic heterocycles. The van der Waals surface area contributed by atoms with Crippen molar-refractivity contribution in [3.05, 3.63) is 32.5 Å². The first kappa shape index (κ1) is 17.1. The number of nitro groups is 1. The van der Waals surface area contributed by atoms with Gasteiger partial charge in [0.05, 0.1) is 4.92 Å². The van der Waals surface area contributed by atoms with Gasteiger partial charge in [-0.1, -0.05) is 29.8 Å². The van der Waals surface area contributed by atoms with Crippen LogP contribution in [0.4, 0.5) is 15.8 Å². The van der Waals surface area contributed by atoms with Crippen molar-refractivity contribution < 1.29 is 14.1 Å². The minimum Gasteiger partial charge on any atom is -0.381 e. The average molecular weight is 375 g/mol. The van der Waals surface area contributed by atoms with Crippen molar-refractivity contribution in [2.75, 3.05) is 24.7 Å². The molecule has 0 spiro atoms. The van der Waals surface area contributed by atoms with E-state index in [1.54, 1.807) is 0 Å². The van der Waals surface area contributed by atoms with Crippen molar-refractivity contribution in [3.8, 4) is 0 Å². The highest BCUT2D eigenvalue weighted by molar-refractivity contribution is 9.10. The summed E-state index contributed by atoms with van der Waals surface area (Å²) in [6.45, 7) is 5.82. The molecule has 1 fully saturated rings. The van der Waals surface area contributed by atoms with Crippen molar-refractivity contribution in [1.82, 2.24) is 0 Å². The quantitative estimate of drug-likeness (QED) is 0.574. The van der Waals surface area contributed by atoms with E-state index in [0.29, 0.717) is 24.2 Å². The molecule has 122 valence electrons. The fraction of sp³-hybridized carbons (Fsp3) is 0.600. The number of halogens is 2. The molecule has 0 bridgehead atoms. The van der Waals surface area contributed by atoms with E-state index in [-0.39, 0.29) is 23.3 Å². The Balaban J connectivity index is 2.48. The van der Waals surface area contributed by atoms with Crippen LogP contribution in [-0.4, -0.2) is 30.7 Å². The van der Waals surface area contributed by atoms with Gasteiger partial charge in [0.15, 0.2) is 11.5 Å². The van der Waals surface area contributed by atoms with Crippen molar-refractivity contribution >= 4 is 27.3 Å². The smallest absolute Gasteiger partial charge is 0.296 e. The predicted octanol–water partition coefficient (Wildman–Crippen LogP) is 4.14. The lowest BCUT2D eigenvalue weighted by Gasteiger charge is -2.37. The Kier molecular flexibility index (Phi) is 5.74. The predicted molar refractivity (Wildman–Crippen MR) is 86.8 cm³/mol. The maximum atomic E-state index is 14.5. The zero-order chi connectivity index (χ0) is 16.3. The van der Waals surface area contributed by atoms with E-state index in [9.17, 15) is 14.5 Å². The van der Waals surface area contributed by atoms with E-state index < -0.39 is 10.7 Å². The van der Waals surface area contributed by atoms with Crippen LogP contribution in [0.25, 0.3) is 0 Å². The number of rotatable bonds is 5. The van der Waals surface area contributed by atoms with Crippen LogP contribution in [-0.2, 0) is 4.74 Å². The third-order valence-electron chi connectivity index (χ3n) is 3.69. The van der Waals surface area contributed by atoms with Gasteiger partial charge in [0, 0.05) is 36.3 Å². The maximum absolute atomic E-state index is 14.5. The van der Waals surface area contributed by atoms with E-state index in [2.05, 4.69) is 15.9 Å². The Bertz CT molecular complexity index is 548. The topological polar surface area (TPSA) is 55.6 Å². The van der Waals surface area contributed by atoms with Crippen LogP contribution in [0.15, 0.2) is 16.6 Å². The number of hydrogen-bond acceptors (Lipinski definition) is 4. The minimum absolute atomic E-state index is 0.0607. The first-order valence-electron chi connectivity index (χ1n) is 7.38. The Labute approximate surface area is 137 Å². The number of anilines is 1. The van der Waals surface area contributed by atoms with Gasteiger partial charge in [-0.15, -0.1) is 0 Å². The van der Waals surface area contributed by atoms with Crippen LogP contribution in [0, 0.1) is 21.8 Å². The molecule has 0 aromatic heterocycles. The molecule has 0 saturated carbocycles. The van der Waals surface area contributed by atoms with Gasteiger partial charge in [-0.25, -0.2) is 4.39 Å². The van der Waals surface area contributed by atoms with Crippen LogP contribution in [0.2, 0.25) is 0 Å². The molecular formula is C15H20BrFN2O3. The highest BCUT2D eigenvalue weighted by atomic mass is 79.9. The summed E-state index contributed by atoms with van der Waals surface area (Å²) in [5, 5.41) is 11.4. The second-order valence-corrected chi connectivity index (χ2v) is 6.82. The van der Waals surface area contributed by atoms with E-state index in [1.807, 2.05) is 18.7 Å². The second-order valence-electron chi connectivity index (χ2n) is 5.90. The lowest BCUT2D eigenvalue weighted by atomic mass is 10.0. The highest BCUT2D eigenvalue weighted by Gasteiger charge is 2.31. The van der Waals surface area contributed by atoms with Crippen LogP contribution >= 0.6 is 15.9 Å². The molecule has 1 heterocycles. The summed E-state index contributed by atoms with van der Waals surface area (Å²) in [4.78, 5) is 12.7. The summed E-state index contributed by atoms with van der Waals surface area (Å²) in [6.07, 6.45) is 1.50. The Morgan fingerprint density at radius 3 is 2.64 bits per heavy atom. The van der Waals surface area contributed by atoms with Gasteiger partial charge in [0.1, 0.15) is 0 Å². The molecule has 1 aliphatic rings. The molecule has 0 N–H and O–H groups in total. The molecule has 2 rings (SSSR count). The Morgan fingerprint density at radius 1 is 1.45 bits per heavy atom. The molecule has 1 aromatic rings. The molecule has 0 amide bonds. The molecular weight excluding hydrogens is 355 g/mol. The van der Waals surface area contributed by atoms with Crippen molar-refractivity contribution in [2.24, 2.45) is 5.92 Å². The van der Waals surface area contributed by atoms with Crippen LogP contribution in [0.1, 0.15) is 26.7 Å². The van der Waals surface area contributed by atoms with Gasteiger partial charge in [0.2, 0.25) is 0 Å². The molecule has 5 nitrogen and oxygen atoms in total. The summed E-state index contributed by atoms with van der Waals surface area (Å²) in [5.41, 5.74) is -0.104. The summed E-state index contributed by atoms with van der Waals surface area (Å²) in [5.74, 6) is -0.293. The molecule has 22 heavy (non-hydrogen) atoms. The van der Waals surface area contributed by atoms with Crippen molar-refractivity contribution in [1.29, 1.82) is 0 Å². The van der Waals surface area contributed by atoms with Crippen LogP contribution in [0.5, 0.6) is 0 Å². The van der Waals surface area contributed by atoms with E-state index in [0.717, 1.165) is 12.8 Å². The Hall–Kier alpha value is -1.21. The summed E-state index contributed by atoms with van der Waals surface area (Å²) < 4.78 is 20.2. The van der Waals surface area contributed by atoms with Gasteiger partial charge in [-0.05, 0) is 24.8 Å². The van der Waals surface area contributed by atoms with Gasteiger partial charge in [0.25, 0.3) is 5.69 Å². The molecule has 0 atom stereocenters. The number of benzene rings is 1. The van der Waals surface area contributed by atoms with E-state index in [4.69, 9.17) is 4.74 Å². The largest absolute Gasteiger partial charge is 0.381 e. The molecule has 0 aliphatic carbocycles. The number of nitro benzene ring substituents is 1. The van der Waals surface area contributed by atoms with Gasteiger partial charge in [-0.3, -0.25) is 10.1 Å². The monoisotopic (exact) mass is 374 g/mol. The summed E-state index contributed by atoms with van der Waals surface area (Å²) in [7, 11) is 0. The SMILES string of the molecule is CC(C)CN(c1c(F)cc(Br)cc1[N+](=O)[O-])C1CCOCC1. The van der Waals surface area contributed by atoms with Crippen molar-refractivity contribution in [2.45, 2.75) is 32.7 Å².